The molecule has 2 aromatic carbocycles. The predicted molar refractivity (Wildman–Crippen MR) is 87.3 cm³/mol. The van der Waals surface area contributed by atoms with E-state index in [1.165, 1.54) is 5.56 Å². The van der Waals surface area contributed by atoms with Crippen LogP contribution in [0, 0.1) is 18.3 Å². The van der Waals surface area contributed by atoms with Gasteiger partial charge in [0, 0.05) is 25.2 Å². The zero-order valence-electron chi connectivity index (χ0n) is 12.6. The van der Waals surface area contributed by atoms with Crippen molar-refractivity contribution in [3.63, 3.8) is 0 Å². The van der Waals surface area contributed by atoms with Gasteiger partial charge in [-0.05, 0) is 30.7 Å². The van der Waals surface area contributed by atoms with Gasteiger partial charge in [0.2, 0.25) is 5.91 Å². The Morgan fingerprint density at radius 2 is 2.00 bits per heavy atom. The smallest absolute Gasteiger partial charge is 0.222 e. The van der Waals surface area contributed by atoms with Gasteiger partial charge in [-0.2, -0.15) is 5.26 Å². The van der Waals surface area contributed by atoms with Crippen LogP contribution in [0.5, 0.6) is 0 Å². The minimum absolute atomic E-state index is 0.00504. The standard InChI is InChI=1S/C18H19N3O/c1-14-4-2-6-16(10-14)13-21-18(22)8-9-20-17-7-3-5-15(11-17)12-19/h2-7,10-11,20H,8-9,13H2,1H3,(H,21,22). The fourth-order valence-corrected chi connectivity index (χ4v) is 2.13. The highest BCUT2D eigenvalue weighted by Crippen LogP contribution is 2.09. The van der Waals surface area contributed by atoms with E-state index in [2.05, 4.69) is 22.8 Å². The van der Waals surface area contributed by atoms with E-state index in [1.807, 2.05) is 37.3 Å². The topological polar surface area (TPSA) is 64.9 Å². The Kier molecular flexibility index (Phi) is 5.56. The van der Waals surface area contributed by atoms with Crippen LogP contribution >= 0.6 is 0 Å². The van der Waals surface area contributed by atoms with Crippen LogP contribution < -0.4 is 10.6 Å². The molecule has 0 aliphatic heterocycles. The van der Waals surface area contributed by atoms with E-state index in [9.17, 15) is 4.79 Å². The molecule has 0 unspecified atom stereocenters. The number of carbonyl (C=O) groups excluding carboxylic acids is 1. The van der Waals surface area contributed by atoms with Crippen molar-refractivity contribution in [2.75, 3.05) is 11.9 Å². The van der Waals surface area contributed by atoms with Gasteiger partial charge in [0.1, 0.15) is 0 Å². The molecule has 1 amide bonds. The first-order chi connectivity index (χ1) is 10.7. The lowest BCUT2D eigenvalue weighted by Gasteiger charge is -2.08. The van der Waals surface area contributed by atoms with E-state index < -0.39 is 0 Å². The second-order valence-corrected chi connectivity index (χ2v) is 5.14. The van der Waals surface area contributed by atoms with Gasteiger partial charge >= 0.3 is 0 Å². The Labute approximate surface area is 130 Å². The van der Waals surface area contributed by atoms with Crippen LogP contribution in [0.25, 0.3) is 0 Å². The Morgan fingerprint density at radius 1 is 1.18 bits per heavy atom. The summed E-state index contributed by atoms with van der Waals surface area (Å²) in [6, 6.07) is 17.4. The molecule has 0 spiro atoms. The lowest BCUT2D eigenvalue weighted by molar-refractivity contribution is -0.121. The Balaban J connectivity index is 1.72. The number of aryl methyl sites for hydroxylation is 1. The molecule has 0 saturated carbocycles. The van der Waals surface area contributed by atoms with E-state index in [4.69, 9.17) is 5.26 Å². The van der Waals surface area contributed by atoms with Gasteiger partial charge in [0.25, 0.3) is 0 Å². The van der Waals surface area contributed by atoms with Gasteiger partial charge in [0.15, 0.2) is 0 Å². The number of nitrogens with zero attached hydrogens (tertiary/aromatic N) is 1. The van der Waals surface area contributed by atoms with Gasteiger partial charge in [-0.3, -0.25) is 4.79 Å². The van der Waals surface area contributed by atoms with Gasteiger partial charge in [-0.1, -0.05) is 35.9 Å². The molecular formula is C18H19N3O. The molecule has 0 radical (unpaired) electrons. The third-order valence-electron chi connectivity index (χ3n) is 3.25. The third-order valence-corrected chi connectivity index (χ3v) is 3.25. The number of nitriles is 1. The Bertz CT molecular complexity index is 689. The summed E-state index contributed by atoms with van der Waals surface area (Å²) in [7, 11) is 0. The van der Waals surface area contributed by atoms with Gasteiger partial charge < -0.3 is 10.6 Å². The fraction of sp³-hybridized carbons (Fsp3) is 0.222. The maximum Gasteiger partial charge on any atom is 0.222 e. The van der Waals surface area contributed by atoms with E-state index in [0.717, 1.165) is 11.3 Å². The molecule has 0 atom stereocenters. The van der Waals surface area contributed by atoms with Crippen LogP contribution in [0.3, 0.4) is 0 Å². The molecule has 2 aromatic rings. The number of rotatable bonds is 6. The number of anilines is 1. The summed E-state index contributed by atoms with van der Waals surface area (Å²) < 4.78 is 0. The van der Waals surface area contributed by atoms with E-state index in [0.29, 0.717) is 25.1 Å². The summed E-state index contributed by atoms with van der Waals surface area (Å²) in [4.78, 5) is 11.8. The lowest BCUT2D eigenvalue weighted by Crippen LogP contribution is -2.24. The molecule has 0 aromatic heterocycles. The molecule has 0 aliphatic rings. The molecule has 4 heteroatoms. The molecule has 0 aliphatic carbocycles. The van der Waals surface area contributed by atoms with Crippen molar-refractivity contribution in [3.8, 4) is 6.07 Å². The van der Waals surface area contributed by atoms with E-state index >= 15 is 0 Å². The van der Waals surface area contributed by atoms with Crippen LogP contribution in [0.1, 0.15) is 23.1 Å². The molecule has 0 fully saturated rings. The van der Waals surface area contributed by atoms with Crippen LogP contribution in [0.4, 0.5) is 5.69 Å². The summed E-state index contributed by atoms with van der Waals surface area (Å²) in [6.07, 6.45) is 0.391. The first-order valence-corrected chi connectivity index (χ1v) is 7.23. The predicted octanol–water partition coefficient (Wildman–Crippen LogP) is 2.99. The molecule has 0 saturated heterocycles. The zero-order valence-corrected chi connectivity index (χ0v) is 12.6. The average molecular weight is 293 g/mol. The highest BCUT2D eigenvalue weighted by Gasteiger charge is 2.02. The fourth-order valence-electron chi connectivity index (χ4n) is 2.13. The first-order valence-electron chi connectivity index (χ1n) is 7.23. The van der Waals surface area contributed by atoms with Crippen LogP contribution in [-0.4, -0.2) is 12.5 Å². The molecule has 0 bridgehead atoms. The highest BCUT2D eigenvalue weighted by molar-refractivity contribution is 5.76. The maximum atomic E-state index is 11.8. The third kappa shape index (κ3) is 4.95. The Morgan fingerprint density at radius 3 is 2.77 bits per heavy atom. The molecule has 112 valence electrons. The van der Waals surface area contributed by atoms with E-state index in [-0.39, 0.29) is 5.91 Å². The van der Waals surface area contributed by atoms with Crippen molar-refractivity contribution in [3.05, 3.63) is 65.2 Å². The minimum Gasteiger partial charge on any atom is -0.384 e. The van der Waals surface area contributed by atoms with Crippen LogP contribution in [-0.2, 0) is 11.3 Å². The molecule has 0 heterocycles. The number of hydrogen-bond acceptors (Lipinski definition) is 3. The summed E-state index contributed by atoms with van der Waals surface area (Å²) in [6.45, 7) is 3.11. The van der Waals surface area contributed by atoms with Crippen LogP contribution in [0.2, 0.25) is 0 Å². The normalized spacial score (nSPS) is 9.82. The quantitative estimate of drug-likeness (QED) is 0.860. The summed E-state index contributed by atoms with van der Waals surface area (Å²) >= 11 is 0. The minimum atomic E-state index is 0.00504. The van der Waals surface area contributed by atoms with Crippen molar-refractivity contribution in [1.82, 2.24) is 5.32 Å². The van der Waals surface area contributed by atoms with Crippen molar-refractivity contribution in [2.24, 2.45) is 0 Å². The monoisotopic (exact) mass is 293 g/mol. The molecule has 22 heavy (non-hydrogen) atoms. The SMILES string of the molecule is Cc1cccc(CNC(=O)CCNc2cccc(C#N)c2)c1. The lowest BCUT2D eigenvalue weighted by atomic mass is 10.1. The van der Waals surface area contributed by atoms with Crippen molar-refractivity contribution >= 4 is 11.6 Å². The van der Waals surface area contributed by atoms with Crippen molar-refractivity contribution < 1.29 is 4.79 Å². The molecular weight excluding hydrogens is 274 g/mol. The molecule has 2 rings (SSSR count). The van der Waals surface area contributed by atoms with Crippen molar-refractivity contribution in [2.45, 2.75) is 19.9 Å². The first kappa shape index (κ1) is 15.6. The average Bonchev–Trinajstić information content (AvgIpc) is 2.53. The largest absolute Gasteiger partial charge is 0.384 e. The highest BCUT2D eigenvalue weighted by atomic mass is 16.1. The summed E-state index contributed by atoms with van der Waals surface area (Å²) in [5.41, 5.74) is 3.74. The number of hydrogen-bond donors (Lipinski definition) is 2. The van der Waals surface area contributed by atoms with E-state index in [1.54, 1.807) is 12.1 Å². The maximum absolute atomic E-state index is 11.8. The second-order valence-electron chi connectivity index (χ2n) is 5.14. The number of nitrogens with one attached hydrogen (secondary N) is 2. The summed E-state index contributed by atoms with van der Waals surface area (Å²) in [5.74, 6) is 0.00504. The zero-order chi connectivity index (χ0) is 15.8. The molecule has 2 N–H and O–H groups in total. The Hall–Kier alpha value is -2.80. The van der Waals surface area contributed by atoms with Crippen molar-refractivity contribution in [1.29, 1.82) is 5.26 Å². The summed E-state index contributed by atoms with van der Waals surface area (Å²) in [5, 5.41) is 14.9. The number of amides is 1. The second kappa shape index (κ2) is 7.84. The van der Waals surface area contributed by atoms with Gasteiger partial charge in [0.05, 0.1) is 11.6 Å². The number of carbonyl (C=O) groups is 1. The van der Waals surface area contributed by atoms with Crippen LogP contribution in [0.15, 0.2) is 48.5 Å². The number of benzene rings is 2. The van der Waals surface area contributed by atoms with Gasteiger partial charge in [-0.15, -0.1) is 0 Å². The van der Waals surface area contributed by atoms with Gasteiger partial charge in [-0.25, -0.2) is 0 Å². The molecule has 4 nitrogen and oxygen atoms in total.